The highest BCUT2D eigenvalue weighted by Crippen LogP contribution is 2.44. The van der Waals surface area contributed by atoms with Gasteiger partial charge in [0.1, 0.15) is 0 Å². The first-order valence-corrected chi connectivity index (χ1v) is 10.2. The van der Waals surface area contributed by atoms with Crippen LogP contribution in [0.4, 0.5) is 16.5 Å². The summed E-state index contributed by atoms with van der Waals surface area (Å²) in [5, 5.41) is 8.86. The van der Waals surface area contributed by atoms with Gasteiger partial charge in [-0.1, -0.05) is 53.4 Å². The lowest BCUT2D eigenvalue weighted by Gasteiger charge is -2.21. The van der Waals surface area contributed by atoms with Crippen LogP contribution in [0.5, 0.6) is 0 Å². The molecule has 0 spiro atoms. The van der Waals surface area contributed by atoms with E-state index in [1.165, 1.54) is 9.79 Å². The normalized spacial score (nSPS) is 13.0. The molecule has 0 amide bonds. The van der Waals surface area contributed by atoms with Gasteiger partial charge in [-0.15, -0.1) is 0 Å². The molecule has 1 aliphatic rings. The van der Waals surface area contributed by atoms with Gasteiger partial charge in [-0.2, -0.15) is 5.10 Å². The maximum Gasteiger partial charge on any atom is 0.204 e. The predicted octanol–water partition coefficient (Wildman–Crippen LogP) is 6.34. The summed E-state index contributed by atoms with van der Waals surface area (Å²) < 4.78 is 1.15. The Labute approximate surface area is 165 Å². The molecule has 1 aliphatic heterocycles. The Morgan fingerprint density at radius 2 is 1.78 bits per heavy atom. The molecular formula is C21H16N4S2. The molecule has 0 atom stereocenters. The standard InChI is InChI=1S/C21H16N4S2/c1-13(24-25-21-23-16-7-3-5-9-19(16)27-21)14-10-11-20-17(12-14)22-15-6-2-4-8-18(15)26-20/h2-12,22H,1H3,(H,23,25)/b24-13-. The van der Waals surface area contributed by atoms with Crippen LogP contribution in [0.2, 0.25) is 0 Å². The first-order valence-electron chi connectivity index (χ1n) is 8.60. The number of anilines is 3. The van der Waals surface area contributed by atoms with Gasteiger partial charge in [-0.05, 0) is 48.9 Å². The third-order valence-electron chi connectivity index (χ3n) is 4.39. The topological polar surface area (TPSA) is 49.3 Å². The van der Waals surface area contributed by atoms with Crippen LogP contribution in [0.15, 0.2) is 81.6 Å². The number of fused-ring (bicyclic) bond motifs is 3. The van der Waals surface area contributed by atoms with Crippen LogP contribution in [-0.2, 0) is 0 Å². The quantitative estimate of drug-likeness (QED) is 0.280. The monoisotopic (exact) mass is 388 g/mol. The average Bonchev–Trinajstić information content (AvgIpc) is 3.13. The molecule has 3 aromatic carbocycles. The fraction of sp³-hybridized carbons (Fsp3) is 0.0476. The first kappa shape index (κ1) is 16.4. The molecule has 4 aromatic rings. The Morgan fingerprint density at radius 1 is 0.963 bits per heavy atom. The number of hydrogen-bond donors (Lipinski definition) is 2. The van der Waals surface area contributed by atoms with Crippen molar-refractivity contribution in [2.45, 2.75) is 16.7 Å². The number of benzene rings is 3. The van der Waals surface area contributed by atoms with Crippen molar-refractivity contribution in [1.29, 1.82) is 0 Å². The molecule has 4 nitrogen and oxygen atoms in total. The minimum atomic E-state index is 0.802. The summed E-state index contributed by atoms with van der Waals surface area (Å²) in [6.45, 7) is 2.01. The summed E-state index contributed by atoms with van der Waals surface area (Å²) in [4.78, 5) is 7.04. The lowest BCUT2D eigenvalue weighted by molar-refractivity contribution is 1.28. The molecule has 0 unspecified atom stereocenters. The average molecular weight is 389 g/mol. The number of nitrogens with zero attached hydrogens (tertiary/aromatic N) is 2. The van der Waals surface area contributed by atoms with Crippen LogP contribution in [0.25, 0.3) is 10.2 Å². The molecule has 6 heteroatoms. The fourth-order valence-electron chi connectivity index (χ4n) is 2.98. The molecule has 0 saturated carbocycles. The van der Waals surface area contributed by atoms with Gasteiger partial charge in [-0.3, -0.25) is 5.43 Å². The van der Waals surface area contributed by atoms with Gasteiger partial charge in [0, 0.05) is 9.79 Å². The van der Waals surface area contributed by atoms with E-state index >= 15 is 0 Å². The summed E-state index contributed by atoms with van der Waals surface area (Å²) in [6, 6.07) is 22.9. The molecule has 0 radical (unpaired) electrons. The molecule has 0 aliphatic carbocycles. The predicted molar refractivity (Wildman–Crippen MR) is 116 cm³/mol. The van der Waals surface area contributed by atoms with Crippen molar-refractivity contribution < 1.29 is 0 Å². The van der Waals surface area contributed by atoms with Gasteiger partial charge in [0.2, 0.25) is 5.13 Å². The molecule has 2 heterocycles. The Bertz CT molecular complexity index is 1150. The van der Waals surface area contributed by atoms with Gasteiger partial charge in [-0.25, -0.2) is 4.98 Å². The van der Waals surface area contributed by atoms with E-state index < -0.39 is 0 Å². The van der Waals surface area contributed by atoms with Crippen molar-refractivity contribution in [1.82, 2.24) is 4.98 Å². The van der Waals surface area contributed by atoms with Crippen LogP contribution < -0.4 is 10.7 Å². The van der Waals surface area contributed by atoms with Gasteiger partial charge in [0.15, 0.2) is 0 Å². The van der Waals surface area contributed by atoms with Gasteiger partial charge >= 0.3 is 0 Å². The number of thiazole rings is 1. The van der Waals surface area contributed by atoms with Crippen molar-refractivity contribution in [3.63, 3.8) is 0 Å². The summed E-state index contributed by atoms with van der Waals surface area (Å²) in [7, 11) is 0. The molecule has 0 bridgehead atoms. The highest BCUT2D eigenvalue weighted by atomic mass is 32.2. The zero-order valence-electron chi connectivity index (χ0n) is 14.6. The van der Waals surface area contributed by atoms with Crippen molar-refractivity contribution in [3.05, 3.63) is 72.3 Å². The van der Waals surface area contributed by atoms with E-state index in [2.05, 4.69) is 69.4 Å². The molecule has 0 fully saturated rings. The summed E-state index contributed by atoms with van der Waals surface area (Å²) >= 11 is 3.39. The van der Waals surface area contributed by atoms with Crippen molar-refractivity contribution in [2.75, 3.05) is 10.7 Å². The smallest absolute Gasteiger partial charge is 0.204 e. The molecule has 0 saturated heterocycles. The molecule has 1 aromatic heterocycles. The Hall–Kier alpha value is -2.83. The molecule has 2 N–H and O–H groups in total. The number of nitrogens with one attached hydrogen (secondary N) is 2. The lowest BCUT2D eigenvalue weighted by Crippen LogP contribution is -2.04. The Kier molecular flexibility index (Phi) is 4.07. The lowest BCUT2D eigenvalue weighted by atomic mass is 10.1. The molecule has 27 heavy (non-hydrogen) atoms. The van der Waals surface area contributed by atoms with Gasteiger partial charge < -0.3 is 5.32 Å². The van der Waals surface area contributed by atoms with E-state index in [4.69, 9.17) is 0 Å². The van der Waals surface area contributed by atoms with E-state index in [-0.39, 0.29) is 0 Å². The second kappa shape index (κ2) is 6.72. The van der Waals surface area contributed by atoms with E-state index in [1.54, 1.807) is 23.1 Å². The molecular weight excluding hydrogens is 372 g/mol. The fourth-order valence-corrected chi connectivity index (χ4v) is 4.76. The number of rotatable bonds is 3. The van der Waals surface area contributed by atoms with Crippen LogP contribution in [-0.4, -0.2) is 10.7 Å². The van der Waals surface area contributed by atoms with Gasteiger partial charge in [0.25, 0.3) is 0 Å². The van der Waals surface area contributed by atoms with Crippen LogP contribution >= 0.6 is 23.1 Å². The zero-order valence-corrected chi connectivity index (χ0v) is 16.2. The van der Waals surface area contributed by atoms with Crippen LogP contribution in [0.1, 0.15) is 12.5 Å². The van der Waals surface area contributed by atoms with E-state index in [9.17, 15) is 0 Å². The number of aromatic nitrogens is 1. The third-order valence-corrected chi connectivity index (χ3v) is 6.48. The number of hydrazone groups is 1. The maximum absolute atomic E-state index is 4.56. The van der Waals surface area contributed by atoms with Crippen molar-refractivity contribution in [3.8, 4) is 0 Å². The summed E-state index contributed by atoms with van der Waals surface area (Å²) in [5.74, 6) is 0. The number of hydrogen-bond acceptors (Lipinski definition) is 6. The van der Waals surface area contributed by atoms with Crippen LogP contribution in [0.3, 0.4) is 0 Å². The highest BCUT2D eigenvalue weighted by molar-refractivity contribution is 7.99. The summed E-state index contributed by atoms with van der Waals surface area (Å²) in [5.41, 5.74) is 8.35. The largest absolute Gasteiger partial charge is 0.354 e. The molecule has 5 rings (SSSR count). The van der Waals surface area contributed by atoms with Crippen molar-refractivity contribution in [2.24, 2.45) is 5.10 Å². The second-order valence-corrected chi connectivity index (χ2v) is 8.34. The summed E-state index contributed by atoms with van der Waals surface area (Å²) in [6.07, 6.45) is 0. The highest BCUT2D eigenvalue weighted by Gasteiger charge is 2.15. The minimum Gasteiger partial charge on any atom is -0.354 e. The van der Waals surface area contributed by atoms with E-state index in [1.807, 2.05) is 25.1 Å². The SMILES string of the molecule is C/C(=N/Nc1nc2ccccc2s1)c1ccc2c(c1)Nc1ccccc1S2. The van der Waals surface area contributed by atoms with Crippen LogP contribution in [0, 0.1) is 0 Å². The minimum absolute atomic E-state index is 0.802. The van der Waals surface area contributed by atoms with E-state index in [0.29, 0.717) is 0 Å². The Morgan fingerprint density at radius 3 is 2.70 bits per heavy atom. The number of para-hydroxylation sites is 2. The second-order valence-electron chi connectivity index (χ2n) is 6.23. The van der Waals surface area contributed by atoms with Gasteiger partial charge in [0.05, 0.1) is 27.3 Å². The maximum atomic E-state index is 4.56. The third kappa shape index (κ3) is 3.18. The first-order chi connectivity index (χ1) is 13.3. The van der Waals surface area contributed by atoms with Crippen molar-refractivity contribution >= 4 is 55.5 Å². The van der Waals surface area contributed by atoms with E-state index in [0.717, 1.165) is 38.0 Å². The Balaban J connectivity index is 1.39. The molecule has 132 valence electrons. The zero-order chi connectivity index (χ0) is 18.2.